The Morgan fingerprint density at radius 3 is 0.809 bits per heavy atom. The molecule has 0 atom stereocenters. The number of carboxylic acids is 6. The lowest BCUT2D eigenvalue weighted by molar-refractivity contribution is -0.688. The van der Waals surface area contributed by atoms with Gasteiger partial charge in [0.25, 0.3) is 0 Å². The molecule has 5 rings (SSSR count). The smallest absolute Gasteiger partial charge is 0.338 e. The standard InChI is InChI=1S/C18H18NO4.3C14H12O8/c1-2-17(20)22-12-13-23-18(21)16-8-10-19(11-9-16)14-15-6-4-3-5-7-15;3*1-2-11(15)21-5-6-22-14(20)8-3-4-9(12(16)17)10(7-8)13(18)19/h2-11H,1,12-14H2;3*2-4,7H,1,5-6H2,(H,16,17)(H,18,19)/q+1;;;. The number of carboxylic acid groups (broad SMARTS) is 6. The predicted octanol–water partition coefficient (Wildman–Crippen LogP) is 4.82. The van der Waals surface area contributed by atoms with Crippen LogP contribution in [0.15, 0.2) is 160 Å². The van der Waals surface area contributed by atoms with Gasteiger partial charge >= 0.3 is 83.6 Å². The number of benzene rings is 4. The van der Waals surface area contributed by atoms with Crippen molar-refractivity contribution in [3.63, 3.8) is 0 Å². The van der Waals surface area contributed by atoms with E-state index >= 15 is 0 Å². The Kier molecular flexibility index (Phi) is 31.4. The Hall–Kier alpha value is -12.4. The van der Waals surface area contributed by atoms with E-state index in [2.05, 4.69) is 40.5 Å². The maximum Gasteiger partial charge on any atom is 0.338 e. The molecule has 29 nitrogen and oxygen atoms in total. The molecule has 466 valence electrons. The molecule has 0 saturated heterocycles. The average molecular weight is 1240 g/mol. The molecule has 0 amide bonds. The molecule has 4 aromatic carbocycles. The summed E-state index contributed by atoms with van der Waals surface area (Å²) in [5.41, 5.74) is -1.66. The van der Waals surface area contributed by atoms with E-state index in [1.54, 1.807) is 12.1 Å². The number of aromatic nitrogens is 1. The van der Waals surface area contributed by atoms with E-state index in [-0.39, 0.29) is 69.5 Å². The minimum absolute atomic E-state index is 0.0112. The Balaban J connectivity index is 0.000000405. The Morgan fingerprint density at radius 2 is 0.562 bits per heavy atom. The number of carbonyl (C=O) groups is 14. The van der Waals surface area contributed by atoms with Crippen LogP contribution in [0.25, 0.3) is 0 Å². The molecule has 0 aliphatic heterocycles. The van der Waals surface area contributed by atoms with Gasteiger partial charge in [0.1, 0.15) is 52.9 Å². The summed E-state index contributed by atoms with van der Waals surface area (Å²) in [4.78, 5) is 156. The molecule has 0 aliphatic rings. The van der Waals surface area contributed by atoms with Gasteiger partial charge in [-0.15, -0.1) is 0 Å². The second kappa shape index (κ2) is 38.4. The molecule has 0 spiro atoms. The molecule has 1 heterocycles. The number of nitrogens with zero attached hydrogens (tertiary/aromatic N) is 1. The fourth-order valence-corrected chi connectivity index (χ4v) is 6.27. The van der Waals surface area contributed by atoms with Gasteiger partial charge in [0, 0.05) is 42.0 Å². The largest absolute Gasteiger partial charge is 0.478 e. The molecule has 0 aliphatic carbocycles. The molecule has 1 aromatic heterocycles. The van der Waals surface area contributed by atoms with E-state index in [1.807, 2.05) is 47.3 Å². The number of hydrogen-bond donors (Lipinski definition) is 6. The first-order valence-electron chi connectivity index (χ1n) is 25.0. The Morgan fingerprint density at radius 1 is 0.315 bits per heavy atom. The van der Waals surface area contributed by atoms with Gasteiger partial charge in [0.15, 0.2) is 18.9 Å². The van der Waals surface area contributed by atoms with Crippen LogP contribution in [0.5, 0.6) is 0 Å². The summed E-state index contributed by atoms with van der Waals surface area (Å²) in [5, 5.41) is 53.4. The molecule has 6 N–H and O–H groups in total. The van der Waals surface area contributed by atoms with Gasteiger partial charge in [-0.3, -0.25) is 0 Å². The first-order chi connectivity index (χ1) is 42.3. The van der Waals surface area contributed by atoms with Crippen molar-refractivity contribution in [1.82, 2.24) is 0 Å². The highest BCUT2D eigenvalue weighted by molar-refractivity contribution is 6.06. The van der Waals surface area contributed by atoms with Crippen LogP contribution in [0.3, 0.4) is 0 Å². The summed E-state index contributed by atoms with van der Waals surface area (Å²) < 4.78 is 39.8. The van der Waals surface area contributed by atoms with Crippen LogP contribution in [0.1, 0.15) is 109 Å². The van der Waals surface area contributed by atoms with Crippen LogP contribution in [0.2, 0.25) is 0 Å². The van der Waals surface area contributed by atoms with Crippen LogP contribution < -0.4 is 4.57 Å². The SMILES string of the molecule is C=CC(=O)OCCOC(=O)c1cc[n+](Cc2ccccc2)cc1.C=CC(=O)OCCOC(=O)c1ccc(C(=O)O)c(C(=O)O)c1.C=CC(=O)OCCOC(=O)c1ccc(C(=O)O)c(C(=O)O)c1.C=CC(=O)OCCOC(=O)c1ccc(C(=O)O)c(C(=O)O)c1. The normalized spacial score (nSPS) is 9.71. The summed E-state index contributed by atoms with van der Waals surface area (Å²) >= 11 is 0. The number of ether oxygens (including phenoxy) is 8. The number of hydrogen-bond acceptors (Lipinski definition) is 22. The molecule has 5 aromatic rings. The van der Waals surface area contributed by atoms with Crippen LogP contribution in [-0.4, -0.2) is 167 Å². The van der Waals surface area contributed by atoms with E-state index < -0.39 is 117 Å². The lowest BCUT2D eigenvalue weighted by atomic mass is 10.0. The monoisotopic (exact) mass is 1240 g/mol. The molecular weight excluding hydrogens is 1180 g/mol. The summed E-state index contributed by atoms with van der Waals surface area (Å²) in [6.07, 6.45) is 7.55. The van der Waals surface area contributed by atoms with Crippen LogP contribution in [-0.2, 0) is 63.6 Å². The maximum absolute atomic E-state index is 11.8. The zero-order valence-corrected chi connectivity index (χ0v) is 46.5. The van der Waals surface area contributed by atoms with Gasteiger partial charge in [0.05, 0.1) is 55.6 Å². The van der Waals surface area contributed by atoms with E-state index in [0.717, 1.165) is 85.4 Å². The molecule has 0 unspecified atom stereocenters. The van der Waals surface area contributed by atoms with E-state index in [0.29, 0.717) is 5.56 Å². The van der Waals surface area contributed by atoms with Gasteiger partial charge in [-0.1, -0.05) is 56.6 Å². The van der Waals surface area contributed by atoms with Gasteiger partial charge in [-0.25, -0.2) is 71.7 Å². The molecule has 29 heteroatoms. The second-order valence-electron chi connectivity index (χ2n) is 16.4. The third-order valence-corrected chi connectivity index (χ3v) is 10.4. The highest BCUT2D eigenvalue weighted by atomic mass is 16.6. The number of esters is 8. The highest BCUT2D eigenvalue weighted by Gasteiger charge is 2.22. The quantitative estimate of drug-likeness (QED) is 0.0128. The fraction of sp³-hybridized carbons (Fsp3) is 0.150. The summed E-state index contributed by atoms with van der Waals surface area (Å²) in [6.45, 7) is 12.3. The number of carbonyl (C=O) groups excluding carboxylic acids is 8. The number of aromatic carboxylic acids is 6. The van der Waals surface area contributed by atoms with E-state index in [1.165, 1.54) is 5.56 Å². The number of pyridine rings is 1. The summed E-state index contributed by atoms with van der Waals surface area (Å²) in [5.74, 6) is -14.3. The lowest BCUT2D eigenvalue weighted by Crippen LogP contribution is -2.33. The first kappa shape index (κ1) is 72.7. The predicted molar refractivity (Wildman–Crippen MR) is 299 cm³/mol. The third-order valence-electron chi connectivity index (χ3n) is 10.4. The van der Waals surface area contributed by atoms with Gasteiger partial charge in [0.2, 0.25) is 0 Å². The summed E-state index contributed by atoms with van der Waals surface area (Å²) in [7, 11) is 0. The average Bonchev–Trinajstić information content (AvgIpc) is 3.42. The lowest BCUT2D eigenvalue weighted by Gasteiger charge is -2.07. The van der Waals surface area contributed by atoms with Crippen molar-refractivity contribution < 1.29 is 140 Å². The summed E-state index contributed by atoms with van der Waals surface area (Å²) in [6, 6.07) is 22.5. The fourth-order valence-electron chi connectivity index (χ4n) is 6.27. The Bertz CT molecular complexity index is 3210. The van der Waals surface area contributed by atoms with Crippen molar-refractivity contribution >= 4 is 83.6 Å². The van der Waals surface area contributed by atoms with Crippen molar-refractivity contribution in [3.8, 4) is 0 Å². The van der Waals surface area contributed by atoms with Crippen LogP contribution in [0, 0.1) is 0 Å². The molecule has 89 heavy (non-hydrogen) atoms. The van der Waals surface area contributed by atoms with E-state index in [9.17, 15) is 67.1 Å². The van der Waals surface area contributed by atoms with Crippen molar-refractivity contribution in [1.29, 1.82) is 0 Å². The van der Waals surface area contributed by atoms with Crippen LogP contribution in [0.4, 0.5) is 0 Å². The molecular formula is C60H54NO28+. The minimum Gasteiger partial charge on any atom is -0.478 e. The topological polar surface area (TPSA) is 438 Å². The Labute approximate surface area is 503 Å². The zero-order chi connectivity index (χ0) is 66.6. The zero-order valence-electron chi connectivity index (χ0n) is 46.5. The molecule has 0 radical (unpaired) electrons. The molecule has 0 saturated carbocycles. The molecule has 0 bridgehead atoms. The van der Waals surface area contributed by atoms with Crippen molar-refractivity contribution in [2.45, 2.75) is 6.54 Å². The van der Waals surface area contributed by atoms with Gasteiger partial charge in [-0.2, -0.15) is 0 Å². The van der Waals surface area contributed by atoms with Crippen LogP contribution >= 0.6 is 0 Å². The second-order valence-corrected chi connectivity index (χ2v) is 16.4. The minimum atomic E-state index is -1.48. The third kappa shape index (κ3) is 26.4. The molecule has 0 fully saturated rings. The van der Waals surface area contributed by atoms with Crippen molar-refractivity contribution in [3.05, 3.63) is 221 Å². The van der Waals surface area contributed by atoms with E-state index in [4.69, 9.17) is 54.3 Å². The number of rotatable bonds is 28. The van der Waals surface area contributed by atoms with Gasteiger partial charge < -0.3 is 68.5 Å². The highest BCUT2D eigenvalue weighted by Crippen LogP contribution is 2.17. The first-order valence-corrected chi connectivity index (χ1v) is 25.0. The maximum atomic E-state index is 11.8. The van der Waals surface area contributed by atoms with Crippen molar-refractivity contribution in [2.75, 3.05) is 52.9 Å². The van der Waals surface area contributed by atoms with Gasteiger partial charge in [-0.05, 0) is 54.6 Å². The van der Waals surface area contributed by atoms with Crippen molar-refractivity contribution in [2.24, 2.45) is 0 Å².